The molecule has 2 aliphatic heterocycles. The lowest BCUT2D eigenvalue weighted by Gasteiger charge is -2.30. The maximum atomic E-state index is 10.9. The molecule has 2 aliphatic rings. The van der Waals surface area contributed by atoms with Crippen LogP contribution in [-0.4, -0.2) is 63.9 Å². The number of hydrogen-bond donors (Lipinski definition) is 3. The van der Waals surface area contributed by atoms with E-state index in [2.05, 4.69) is 40.3 Å². The summed E-state index contributed by atoms with van der Waals surface area (Å²) in [7, 11) is 0. The maximum Gasteiger partial charge on any atom is 0.317 e. The number of piperidine rings is 2. The van der Waals surface area contributed by atoms with Gasteiger partial charge in [-0.1, -0.05) is 25.1 Å². The van der Waals surface area contributed by atoms with E-state index in [1.165, 1.54) is 23.9 Å². The number of aromatic nitrogens is 2. The molecule has 5 N–H and O–H groups in total. The molecule has 1 aromatic carbocycles. The zero-order valence-corrected chi connectivity index (χ0v) is 17.4. The van der Waals surface area contributed by atoms with Crippen molar-refractivity contribution in [2.75, 3.05) is 26.2 Å². The van der Waals surface area contributed by atoms with Gasteiger partial charge >= 0.3 is 5.97 Å². The Kier molecular flexibility index (Phi) is 8.22. The first-order valence-corrected chi connectivity index (χ1v) is 9.96. The number of carbonyl (C=O) groups is 1. The number of H-pyrrole nitrogens is 1. The molecule has 7 nitrogen and oxygen atoms in total. The number of likely N-dealkylation sites (tertiary alicyclic amines) is 1. The van der Waals surface area contributed by atoms with Crippen LogP contribution in [0.4, 0.5) is 0 Å². The van der Waals surface area contributed by atoms with Crippen molar-refractivity contribution in [2.45, 2.75) is 44.1 Å². The van der Waals surface area contributed by atoms with Gasteiger partial charge in [-0.2, -0.15) is 5.10 Å². The van der Waals surface area contributed by atoms with Crippen LogP contribution in [-0.2, 0) is 4.79 Å². The molecule has 0 bridgehead atoms. The van der Waals surface area contributed by atoms with E-state index in [0.29, 0.717) is 12.0 Å². The summed E-state index contributed by atoms with van der Waals surface area (Å²) in [4.78, 5) is 12.9. The molecule has 0 amide bonds. The highest BCUT2D eigenvalue weighted by atomic mass is 35.5. The van der Waals surface area contributed by atoms with Gasteiger partial charge in [0.1, 0.15) is 0 Å². The summed E-state index contributed by atoms with van der Waals surface area (Å²) in [6, 6.07) is 6.85. The lowest BCUT2D eigenvalue weighted by Crippen LogP contribution is -2.36. The van der Waals surface area contributed by atoms with Crippen molar-refractivity contribution in [3.8, 4) is 0 Å². The average Bonchev–Trinajstić information content (AvgIpc) is 3.11. The number of nitrogens with zero attached hydrogens (tertiary/aromatic N) is 2. The van der Waals surface area contributed by atoms with Crippen LogP contribution in [0.5, 0.6) is 0 Å². The SMILES string of the molecule is C=C(c1ccc2c(C3CCN(CC(=O)O)CC3)[nH]nc2c1)C1CCCCN1.Cl.O. The van der Waals surface area contributed by atoms with Crippen LogP contribution in [0.1, 0.15) is 49.3 Å². The van der Waals surface area contributed by atoms with E-state index in [9.17, 15) is 4.79 Å². The molecule has 0 spiro atoms. The standard InChI is InChI=1S/C21H28N4O2.ClH.H2O/c1-14(18-4-2-3-9-22-18)16-5-6-17-19(12-16)23-24-21(17)15-7-10-25(11-8-15)13-20(26)27;;/h5-6,12,15,18,22H,1-4,7-11,13H2,(H,23,24)(H,26,27);1H;1H2. The minimum absolute atomic E-state index is 0. The second-order valence-corrected chi connectivity index (χ2v) is 7.84. The fourth-order valence-electron chi connectivity index (χ4n) is 4.46. The van der Waals surface area contributed by atoms with Gasteiger partial charge in [-0.15, -0.1) is 12.4 Å². The Morgan fingerprint density at radius 1 is 1.24 bits per heavy atom. The van der Waals surface area contributed by atoms with Crippen molar-refractivity contribution in [3.05, 3.63) is 36.0 Å². The number of hydrogen-bond acceptors (Lipinski definition) is 4. The normalized spacial score (nSPS) is 20.6. The van der Waals surface area contributed by atoms with E-state index < -0.39 is 5.97 Å². The summed E-state index contributed by atoms with van der Waals surface area (Å²) >= 11 is 0. The van der Waals surface area contributed by atoms with Crippen LogP contribution < -0.4 is 5.32 Å². The fraction of sp³-hybridized carbons (Fsp3) is 0.524. The molecular formula is C21H31ClN4O3. The van der Waals surface area contributed by atoms with Crippen LogP contribution in [0.15, 0.2) is 24.8 Å². The van der Waals surface area contributed by atoms with Gasteiger partial charge in [0, 0.05) is 23.0 Å². The minimum Gasteiger partial charge on any atom is -0.480 e. The van der Waals surface area contributed by atoms with Gasteiger partial charge in [-0.25, -0.2) is 0 Å². The van der Waals surface area contributed by atoms with E-state index in [0.717, 1.165) is 55.5 Å². The quantitative estimate of drug-likeness (QED) is 0.685. The van der Waals surface area contributed by atoms with Crippen LogP contribution in [0.3, 0.4) is 0 Å². The molecule has 2 fully saturated rings. The van der Waals surface area contributed by atoms with Crippen LogP contribution >= 0.6 is 12.4 Å². The van der Waals surface area contributed by atoms with Crippen molar-refractivity contribution in [3.63, 3.8) is 0 Å². The smallest absolute Gasteiger partial charge is 0.317 e. The molecule has 1 unspecified atom stereocenters. The largest absolute Gasteiger partial charge is 0.480 e. The molecule has 160 valence electrons. The Hall–Kier alpha value is -1.93. The predicted molar refractivity (Wildman–Crippen MR) is 118 cm³/mol. The Bertz CT molecular complexity index is 840. The maximum absolute atomic E-state index is 10.9. The molecule has 2 aromatic rings. The first-order chi connectivity index (χ1) is 13.1. The van der Waals surface area contributed by atoms with E-state index in [-0.39, 0.29) is 24.4 Å². The number of carboxylic acid groups (broad SMARTS) is 1. The summed E-state index contributed by atoms with van der Waals surface area (Å²) in [5.41, 5.74) is 4.50. The highest BCUT2D eigenvalue weighted by molar-refractivity contribution is 5.86. The van der Waals surface area contributed by atoms with Gasteiger partial charge in [0.25, 0.3) is 0 Å². The van der Waals surface area contributed by atoms with E-state index in [4.69, 9.17) is 5.11 Å². The highest BCUT2D eigenvalue weighted by Gasteiger charge is 2.25. The Balaban J connectivity index is 0.00000150. The summed E-state index contributed by atoms with van der Waals surface area (Å²) in [6.45, 7) is 7.17. The van der Waals surface area contributed by atoms with Gasteiger partial charge in [-0.05, 0) is 62.5 Å². The molecular weight excluding hydrogens is 392 g/mol. The third-order valence-corrected chi connectivity index (χ3v) is 6.04. The number of carboxylic acids is 1. The van der Waals surface area contributed by atoms with Gasteiger partial charge in [0.05, 0.1) is 12.1 Å². The lowest BCUT2D eigenvalue weighted by atomic mass is 9.90. The van der Waals surface area contributed by atoms with Crippen molar-refractivity contribution in [2.24, 2.45) is 0 Å². The van der Waals surface area contributed by atoms with Crippen LogP contribution in [0.25, 0.3) is 16.5 Å². The number of fused-ring (bicyclic) bond motifs is 1. The van der Waals surface area contributed by atoms with Crippen LogP contribution in [0, 0.1) is 0 Å². The highest BCUT2D eigenvalue weighted by Crippen LogP contribution is 2.33. The monoisotopic (exact) mass is 422 g/mol. The van der Waals surface area contributed by atoms with E-state index in [1.54, 1.807) is 0 Å². The lowest BCUT2D eigenvalue weighted by molar-refractivity contribution is -0.138. The third kappa shape index (κ3) is 5.17. The van der Waals surface area contributed by atoms with Crippen molar-refractivity contribution < 1.29 is 15.4 Å². The molecule has 4 rings (SSSR count). The first-order valence-electron chi connectivity index (χ1n) is 9.96. The van der Waals surface area contributed by atoms with Crippen molar-refractivity contribution >= 4 is 34.9 Å². The Morgan fingerprint density at radius 2 is 2.00 bits per heavy atom. The molecule has 1 atom stereocenters. The van der Waals surface area contributed by atoms with Crippen molar-refractivity contribution in [1.82, 2.24) is 20.4 Å². The molecule has 0 radical (unpaired) electrons. The van der Waals surface area contributed by atoms with Gasteiger partial charge in [0.2, 0.25) is 0 Å². The number of nitrogens with one attached hydrogen (secondary N) is 2. The second-order valence-electron chi connectivity index (χ2n) is 7.84. The molecule has 29 heavy (non-hydrogen) atoms. The number of aliphatic carboxylic acids is 1. The first kappa shape index (κ1) is 23.3. The van der Waals surface area contributed by atoms with E-state index in [1.807, 2.05) is 4.90 Å². The molecule has 3 heterocycles. The zero-order chi connectivity index (χ0) is 18.8. The number of aromatic amines is 1. The fourth-order valence-corrected chi connectivity index (χ4v) is 4.46. The predicted octanol–water partition coefficient (Wildman–Crippen LogP) is 2.58. The minimum atomic E-state index is -0.749. The Morgan fingerprint density at radius 3 is 2.66 bits per heavy atom. The molecule has 0 aliphatic carbocycles. The van der Waals surface area contributed by atoms with Gasteiger partial charge in [-0.3, -0.25) is 14.8 Å². The van der Waals surface area contributed by atoms with Crippen LogP contribution in [0.2, 0.25) is 0 Å². The summed E-state index contributed by atoms with van der Waals surface area (Å²) in [5.74, 6) is -0.338. The molecule has 1 aromatic heterocycles. The molecule has 2 saturated heterocycles. The van der Waals surface area contributed by atoms with Gasteiger partial charge in [0.15, 0.2) is 0 Å². The number of halogens is 1. The zero-order valence-electron chi connectivity index (χ0n) is 16.6. The summed E-state index contributed by atoms with van der Waals surface area (Å²) in [5, 5.41) is 21.5. The van der Waals surface area contributed by atoms with E-state index >= 15 is 0 Å². The number of rotatable bonds is 5. The Labute approximate surface area is 177 Å². The average molecular weight is 423 g/mol. The summed E-state index contributed by atoms with van der Waals surface area (Å²) in [6.07, 6.45) is 5.58. The van der Waals surface area contributed by atoms with Crippen molar-refractivity contribution in [1.29, 1.82) is 0 Å². The number of benzene rings is 1. The topological polar surface area (TPSA) is 113 Å². The third-order valence-electron chi connectivity index (χ3n) is 6.04. The summed E-state index contributed by atoms with van der Waals surface area (Å²) < 4.78 is 0. The second kappa shape index (κ2) is 10.2. The molecule has 0 saturated carbocycles. The molecule has 8 heteroatoms. The van der Waals surface area contributed by atoms with Gasteiger partial charge < -0.3 is 15.9 Å².